The van der Waals surface area contributed by atoms with E-state index in [2.05, 4.69) is 36.2 Å². The monoisotopic (exact) mass is 400 g/mol. The number of furan rings is 1. The molecule has 2 heterocycles. The summed E-state index contributed by atoms with van der Waals surface area (Å²) in [5, 5.41) is 2.93. The van der Waals surface area contributed by atoms with Gasteiger partial charge < -0.3 is 19.2 Å². The van der Waals surface area contributed by atoms with Gasteiger partial charge in [-0.15, -0.1) is 0 Å². The van der Waals surface area contributed by atoms with Gasteiger partial charge in [-0.05, 0) is 55.1 Å². The lowest BCUT2D eigenvalue weighted by atomic mass is 10.0. The Hall–Kier alpha value is -2.31. The summed E-state index contributed by atoms with van der Waals surface area (Å²) in [6.07, 6.45) is 0.910. The van der Waals surface area contributed by atoms with Gasteiger partial charge in [0.15, 0.2) is 5.76 Å². The lowest BCUT2D eigenvalue weighted by Crippen LogP contribution is -2.38. The molecule has 0 radical (unpaired) electrons. The van der Waals surface area contributed by atoms with Crippen molar-refractivity contribution in [2.24, 2.45) is 0 Å². The van der Waals surface area contributed by atoms with Gasteiger partial charge >= 0.3 is 0 Å². The highest BCUT2D eigenvalue weighted by Gasteiger charge is 2.14. The standard InChI is InChI=1S/C23H32N2O4/c1-17(2)20-7-5-18(3)15-22(20)28-16-19-6-8-21(29-19)23(26)24-9-4-10-25-11-13-27-14-12-25/h5-8,15,17H,4,9-14,16H2,1-3H3,(H,24,26). The minimum Gasteiger partial charge on any atom is -0.485 e. The molecule has 1 saturated heterocycles. The quantitative estimate of drug-likeness (QED) is 0.650. The van der Waals surface area contributed by atoms with E-state index in [0.717, 1.165) is 50.6 Å². The SMILES string of the molecule is Cc1ccc(C(C)C)c(OCc2ccc(C(=O)NCCCN3CCOCC3)o2)c1. The summed E-state index contributed by atoms with van der Waals surface area (Å²) in [5.74, 6) is 2.02. The fourth-order valence-corrected chi connectivity index (χ4v) is 3.39. The van der Waals surface area contributed by atoms with Crippen molar-refractivity contribution in [2.45, 2.75) is 39.7 Å². The van der Waals surface area contributed by atoms with Crippen LogP contribution in [0, 0.1) is 6.92 Å². The van der Waals surface area contributed by atoms with Gasteiger partial charge in [-0.3, -0.25) is 9.69 Å². The molecule has 0 unspecified atom stereocenters. The smallest absolute Gasteiger partial charge is 0.286 e. The van der Waals surface area contributed by atoms with Crippen molar-refractivity contribution >= 4 is 5.91 Å². The van der Waals surface area contributed by atoms with Crippen molar-refractivity contribution in [3.63, 3.8) is 0 Å². The summed E-state index contributed by atoms with van der Waals surface area (Å²) in [7, 11) is 0. The number of hydrogen-bond acceptors (Lipinski definition) is 5. The number of carbonyl (C=O) groups excluding carboxylic acids is 1. The molecule has 1 aromatic carbocycles. The van der Waals surface area contributed by atoms with Gasteiger partial charge in [-0.25, -0.2) is 0 Å². The van der Waals surface area contributed by atoms with Crippen molar-refractivity contribution in [3.05, 3.63) is 53.0 Å². The number of rotatable bonds is 9. The molecule has 1 N–H and O–H groups in total. The van der Waals surface area contributed by atoms with Crippen LogP contribution in [0.25, 0.3) is 0 Å². The maximum absolute atomic E-state index is 12.3. The van der Waals surface area contributed by atoms with Crippen LogP contribution >= 0.6 is 0 Å². The van der Waals surface area contributed by atoms with Crippen LogP contribution in [0.4, 0.5) is 0 Å². The largest absolute Gasteiger partial charge is 0.485 e. The second kappa shape index (κ2) is 10.5. The number of benzene rings is 1. The molecule has 0 spiro atoms. The molecule has 2 aromatic rings. The van der Waals surface area contributed by atoms with Gasteiger partial charge in [-0.1, -0.05) is 26.0 Å². The Morgan fingerprint density at radius 3 is 2.76 bits per heavy atom. The topological polar surface area (TPSA) is 63.9 Å². The van der Waals surface area contributed by atoms with Crippen LogP contribution in [-0.4, -0.2) is 50.2 Å². The maximum atomic E-state index is 12.3. The number of morpholine rings is 1. The van der Waals surface area contributed by atoms with Crippen molar-refractivity contribution in [2.75, 3.05) is 39.4 Å². The molecule has 1 aliphatic rings. The van der Waals surface area contributed by atoms with Gasteiger partial charge in [-0.2, -0.15) is 0 Å². The Kier molecular flexibility index (Phi) is 7.72. The summed E-state index contributed by atoms with van der Waals surface area (Å²) in [4.78, 5) is 14.6. The zero-order valence-corrected chi connectivity index (χ0v) is 17.7. The second-order valence-electron chi connectivity index (χ2n) is 7.81. The predicted molar refractivity (Wildman–Crippen MR) is 113 cm³/mol. The molecule has 0 atom stereocenters. The van der Waals surface area contributed by atoms with Crippen molar-refractivity contribution in [1.29, 1.82) is 0 Å². The zero-order valence-electron chi connectivity index (χ0n) is 17.7. The van der Waals surface area contributed by atoms with E-state index < -0.39 is 0 Å². The molecule has 1 aromatic heterocycles. The Morgan fingerprint density at radius 1 is 1.21 bits per heavy atom. The second-order valence-corrected chi connectivity index (χ2v) is 7.81. The number of ether oxygens (including phenoxy) is 2. The van der Waals surface area contributed by atoms with Crippen LogP contribution in [0.5, 0.6) is 5.75 Å². The Bertz CT molecular complexity index is 794. The molecule has 3 rings (SSSR count). The lowest BCUT2D eigenvalue weighted by molar-refractivity contribution is 0.0374. The van der Waals surface area contributed by atoms with Gasteiger partial charge in [0, 0.05) is 19.6 Å². The first-order valence-corrected chi connectivity index (χ1v) is 10.4. The molecule has 1 fully saturated rings. The van der Waals surface area contributed by atoms with Crippen molar-refractivity contribution < 1.29 is 18.7 Å². The van der Waals surface area contributed by atoms with Crippen molar-refractivity contribution in [3.8, 4) is 5.75 Å². The van der Waals surface area contributed by atoms with Gasteiger partial charge in [0.05, 0.1) is 13.2 Å². The summed E-state index contributed by atoms with van der Waals surface area (Å²) in [6.45, 7) is 11.8. The molecule has 0 saturated carbocycles. The highest BCUT2D eigenvalue weighted by atomic mass is 16.5. The van der Waals surface area contributed by atoms with Crippen molar-refractivity contribution in [1.82, 2.24) is 10.2 Å². The Morgan fingerprint density at radius 2 is 2.00 bits per heavy atom. The molecule has 1 amide bonds. The molecular formula is C23H32N2O4. The van der Waals surface area contributed by atoms with E-state index >= 15 is 0 Å². The van der Waals surface area contributed by atoms with Crippen LogP contribution in [-0.2, 0) is 11.3 Å². The first-order chi connectivity index (χ1) is 14.0. The van der Waals surface area contributed by atoms with Crippen LogP contribution in [0.2, 0.25) is 0 Å². The van der Waals surface area contributed by atoms with Crippen LogP contribution in [0.3, 0.4) is 0 Å². The lowest BCUT2D eigenvalue weighted by Gasteiger charge is -2.26. The molecular weight excluding hydrogens is 368 g/mol. The minimum absolute atomic E-state index is 0.184. The van der Waals surface area contributed by atoms with E-state index in [1.54, 1.807) is 12.1 Å². The Balaban J connectivity index is 1.45. The van der Waals surface area contributed by atoms with E-state index in [9.17, 15) is 4.79 Å². The highest BCUT2D eigenvalue weighted by molar-refractivity contribution is 5.91. The number of nitrogens with zero attached hydrogens (tertiary/aromatic N) is 1. The van der Waals surface area contributed by atoms with E-state index in [0.29, 0.717) is 30.6 Å². The first-order valence-electron chi connectivity index (χ1n) is 10.4. The van der Waals surface area contributed by atoms with E-state index in [4.69, 9.17) is 13.9 Å². The number of hydrogen-bond donors (Lipinski definition) is 1. The minimum atomic E-state index is -0.184. The molecule has 6 heteroatoms. The van der Waals surface area contributed by atoms with Gasteiger partial charge in [0.2, 0.25) is 0 Å². The third-order valence-corrected chi connectivity index (χ3v) is 5.09. The summed E-state index contributed by atoms with van der Waals surface area (Å²) in [6, 6.07) is 9.74. The Labute approximate surface area is 173 Å². The van der Waals surface area contributed by atoms with Gasteiger partial charge in [0.1, 0.15) is 18.1 Å². The van der Waals surface area contributed by atoms with Crippen LogP contribution in [0.1, 0.15) is 53.6 Å². The zero-order chi connectivity index (χ0) is 20.6. The van der Waals surface area contributed by atoms with Crippen LogP contribution in [0.15, 0.2) is 34.7 Å². The summed E-state index contributed by atoms with van der Waals surface area (Å²) >= 11 is 0. The first kappa shape index (κ1) is 21.4. The van der Waals surface area contributed by atoms with E-state index in [-0.39, 0.29) is 5.91 Å². The molecule has 0 aliphatic carbocycles. The number of amides is 1. The molecule has 0 bridgehead atoms. The van der Waals surface area contributed by atoms with Crippen LogP contribution < -0.4 is 10.1 Å². The van der Waals surface area contributed by atoms with E-state index in [1.807, 2.05) is 13.0 Å². The molecule has 29 heavy (non-hydrogen) atoms. The average molecular weight is 401 g/mol. The third-order valence-electron chi connectivity index (χ3n) is 5.09. The maximum Gasteiger partial charge on any atom is 0.286 e. The summed E-state index contributed by atoms with van der Waals surface area (Å²) < 4.78 is 17.0. The fraction of sp³-hybridized carbons (Fsp3) is 0.522. The predicted octanol–water partition coefficient (Wildman–Crippen LogP) is 3.74. The normalized spacial score (nSPS) is 14.9. The van der Waals surface area contributed by atoms with Gasteiger partial charge in [0.25, 0.3) is 5.91 Å². The molecule has 1 aliphatic heterocycles. The average Bonchev–Trinajstić information content (AvgIpc) is 3.19. The number of nitrogens with one attached hydrogen (secondary N) is 1. The summed E-state index contributed by atoms with van der Waals surface area (Å²) in [5.41, 5.74) is 2.32. The molecule has 158 valence electrons. The number of carbonyl (C=O) groups is 1. The van der Waals surface area contributed by atoms with E-state index in [1.165, 1.54) is 5.56 Å². The molecule has 6 nitrogen and oxygen atoms in total. The third kappa shape index (κ3) is 6.34. The highest BCUT2D eigenvalue weighted by Crippen LogP contribution is 2.28. The fourth-order valence-electron chi connectivity index (χ4n) is 3.39. The number of aryl methyl sites for hydroxylation is 1.